The second kappa shape index (κ2) is 8.60. The average molecular weight is 260 g/mol. The van der Waals surface area contributed by atoms with Gasteiger partial charge in [-0.3, -0.25) is 0 Å². The van der Waals surface area contributed by atoms with Gasteiger partial charge < -0.3 is 20.5 Å². The van der Waals surface area contributed by atoms with Crippen molar-refractivity contribution >= 4 is 12.2 Å². The van der Waals surface area contributed by atoms with Gasteiger partial charge in [0.2, 0.25) is 0 Å². The second-order valence-electron chi connectivity index (χ2n) is 4.99. The van der Waals surface area contributed by atoms with E-state index in [1.54, 1.807) is 0 Å². The molecule has 0 aliphatic rings. The Morgan fingerprint density at radius 3 is 2.50 bits per heavy atom. The topological polar surface area (TPSA) is 87.7 Å². The lowest BCUT2D eigenvalue weighted by Crippen LogP contribution is -2.35. The highest BCUT2D eigenvalue weighted by molar-refractivity contribution is 5.67. The van der Waals surface area contributed by atoms with E-state index in [9.17, 15) is 9.59 Å². The first kappa shape index (κ1) is 16.5. The molecule has 0 radical (unpaired) electrons. The minimum Gasteiger partial charge on any atom is -0.465 e. The number of alkyl carbamates (subject to hydrolysis) is 1. The summed E-state index contributed by atoms with van der Waals surface area (Å²) in [6, 6.07) is 0. The van der Waals surface area contributed by atoms with Crippen molar-refractivity contribution in [2.45, 2.75) is 40.0 Å². The Kier molecular flexibility index (Phi) is 7.91. The molecule has 6 nitrogen and oxygen atoms in total. The molecular weight excluding hydrogens is 236 g/mol. The van der Waals surface area contributed by atoms with Crippen molar-refractivity contribution in [3.8, 4) is 0 Å². The summed E-state index contributed by atoms with van der Waals surface area (Å²) in [6.45, 7) is 7.35. The van der Waals surface area contributed by atoms with Crippen LogP contribution in [0.4, 0.5) is 9.59 Å². The van der Waals surface area contributed by atoms with Gasteiger partial charge in [0.05, 0.1) is 6.61 Å². The van der Waals surface area contributed by atoms with Gasteiger partial charge in [-0.15, -0.1) is 0 Å². The van der Waals surface area contributed by atoms with Crippen LogP contribution in [0.3, 0.4) is 0 Å². The third-order valence-electron chi connectivity index (χ3n) is 2.46. The first-order valence-corrected chi connectivity index (χ1v) is 6.25. The van der Waals surface area contributed by atoms with Gasteiger partial charge in [0.1, 0.15) is 0 Å². The van der Waals surface area contributed by atoms with Crippen LogP contribution in [0.2, 0.25) is 0 Å². The smallest absolute Gasteiger partial charge is 0.407 e. The van der Waals surface area contributed by atoms with Gasteiger partial charge in [0.15, 0.2) is 0 Å². The molecule has 0 fully saturated rings. The maximum atomic E-state index is 11.2. The fourth-order valence-electron chi connectivity index (χ4n) is 1.41. The summed E-state index contributed by atoms with van der Waals surface area (Å²) in [7, 11) is 0. The highest BCUT2D eigenvalue weighted by Crippen LogP contribution is 2.20. The predicted octanol–water partition coefficient (Wildman–Crippen LogP) is 2.20. The Bertz CT molecular complexity index is 267. The largest absolute Gasteiger partial charge is 0.465 e. The van der Waals surface area contributed by atoms with E-state index < -0.39 is 12.2 Å². The number of carbonyl (C=O) groups excluding carboxylic acids is 1. The number of rotatable bonds is 8. The molecule has 0 aromatic carbocycles. The number of carbonyl (C=O) groups is 2. The number of hydrogen-bond acceptors (Lipinski definition) is 3. The van der Waals surface area contributed by atoms with Gasteiger partial charge in [-0.1, -0.05) is 20.8 Å². The van der Waals surface area contributed by atoms with Crippen molar-refractivity contribution in [3.05, 3.63) is 0 Å². The molecule has 0 saturated heterocycles. The monoisotopic (exact) mass is 260 g/mol. The van der Waals surface area contributed by atoms with Crippen LogP contribution in [0.25, 0.3) is 0 Å². The van der Waals surface area contributed by atoms with Gasteiger partial charge in [-0.2, -0.15) is 0 Å². The van der Waals surface area contributed by atoms with Gasteiger partial charge in [-0.25, -0.2) is 9.59 Å². The van der Waals surface area contributed by atoms with Crippen LogP contribution in [0.5, 0.6) is 0 Å². The van der Waals surface area contributed by atoms with E-state index in [0.717, 1.165) is 19.3 Å². The molecule has 0 aliphatic heterocycles. The standard InChI is InChI=1S/C12H24N2O4/c1-4-8-18-11(17)14-9-12(2,3)6-5-7-13-10(15)16/h13H,4-9H2,1-3H3,(H,14,17)(H,15,16). The number of ether oxygens (including phenoxy) is 1. The number of amides is 2. The van der Waals surface area contributed by atoms with E-state index in [1.807, 2.05) is 20.8 Å². The van der Waals surface area contributed by atoms with Crippen molar-refractivity contribution < 1.29 is 19.4 Å². The summed E-state index contributed by atoms with van der Waals surface area (Å²) in [5.41, 5.74) is -0.0780. The van der Waals surface area contributed by atoms with Gasteiger partial charge in [-0.05, 0) is 24.7 Å². The van der Waals surface area contributed by atoms with E-state index >= 15 is 0 Å². The van der Waals surface area contributed by atoms with Gasteiger partial charge in [0.25, 0.3) is 0 Å². The first-order chi connectivity index (χ1) is 8.37. The molecule has 0 aromatic heterocycles. The van der Waals surface area contributed by atoms with E-state index in [1.165, 1.54) is 0 Å². The molecule has 0 aromatic rings. The molecule has 0 saturated carbocycles. The fourth-order valence-corrected chi connectivity index (χ4v) is 1.41. The first-order valence-electron chi connectivity index (χ1n) is 6.25. The van der Waals surface area contributed by atoms with Crippen molar-refractivity contribution in [2.24, 2.45) is 5.41 Å². The quantitative estimate of drug-likeness (QED) is 0.584. The average Bonchev–Trinajstić information content (AvgIpc) is 2.29. The normalized spacial score (nSPS) is 10.8. The SMILES string of the molecule is CCCOC(=O)NCC(C)(C)CCCNC(=O)O. The molecule has 0 unspecified atom stereocenters. The summed E-state index contributed by atoms with van der Waals surface area (Å²) >= 11 is 0. The summed E-state index contributed by atoms with van der Waals surface area (Å²) in [4.78, 5) is 21.5. The van der Waals surface area contributed by atoms with E-state index in [-0.39, 0.29) is 5.41 Å². The third-order valence-corrected chi connectivity index (χ3v) is 2.46. The lowest BCUT2D eigenvalue weighted by Gasteiger charge is -2.24. The minimum absolute atomic E-state index is 0.0780. The molecule has 0 bridgehead atoms. The zero-order chi connectivity index (χ0) is 14.0. The van der Waals surface area contributed by atoms with Crippen LogP contribution >= 0.6 is 0 Å². The summed E-state index contributed by atoms with van der Waals surface area (Å²) < 4.78 is 4.90. The molecule has 6 heteroatoms. The van der Waals surface area contributed by atoms with Crippen LogP contribution in [0.15, 0.2) is 0 Å². The number of carboxylic acid groups (broad SMARTS) is 1. The molecule has 0 spiro atoms. The Labute approximate surface area is 108 Å². The van der Waals surface area contributed by atoms with E-state index in [2.05, 4.69) is 10.6 Å². The lowest BCUT2D eigenvalue weighted by atomic mass is 9.88. The fraction of sp³-hybridized carbons (Fsp3) is 0.833. The Balaban J connectivity index is 3.72. The maximum absolute atomic E-state index is 11.2. The van der Waals surface area contributed by atoms with Crippen LogP contribution in [-0.2, 0) is 4.74 Å². The Morgan fingerprint density at radius 2 is 1.94 bits per heavy atom. The van der Waals surface area contributed by atoms with Crippen molar-refractivity contribution in [1.29, 1.82) is 0 Å². The lowest BCUT2D eigenvalue weighted by molar-refractivity contribution is 0.140. The zero-order valence-electron chi connectivity index (χ0n) is 11.4. The van der Waals surface area contributed by atoms with Crippen molar-refractivity contribution in [2.75, 3.05) is 19.7 Å². The molecule has 2 amide bonds. The molecule has 106 valence electrons. The third kappa shape index (κ3) is 9.74. The highest BCUT2D eigenvalue weighted by atomic mass is 16.5. The van der Waals surface area contributed by atoms with Crippen molar-refractivity contribution in [1.82, 2.24) is 10.6 Å². The summed E-state index contributed by atoms with van der Waals surface area (Å²) in [6.07, 6.45) is 0.965. The second-order valence-corrected chi connectivity index (χ2v) is 4.99. The Morgan fingerprint density at radius 1 is 1.28 bits per heavy atom. The molecule has 0 atom stereocenters. The van der Waals surface area contributed by atoms with Gasteiger partial charge >= 0.3 is 12.2 Å². The van der Waals surface area contributed by atoms with Crippen LogP contribution < -0.4 is 10.6 Å². The zero-order valence-corrected chi connectivity index (χ0v) is 11.4. The van der Waals surface area contributed by atoms with Gasteiger partial charge in [0, 0.05) is 13.1 Å². The highest BCUT2D eigenvalue weighted by Gasteiger charge is 2.18. The number of hydrogen-bond donors (Lipinski definition) is 3. The molecule has 0 heterocycles. The van der Waals surface area contributed by atoms with Crippen LogP contribution in [0, 0.1) is 5.41 Å². The van der Waals surface area contributed by atoms with E-state index in [0.29, 0.717) is 19.7 Å². The van der Waals surface area contributed by atoms with E-state index in [4.69, 9.17) is 9.84 Å². The molecule has 18 heavy (non-hydrogen) atoms. The summed E-state index contributed by atoms with van der Waals surface area (Å²) in [5.74, 6) is 0. The number of nitrogens with one attached hydrogen (secondary N) is 2. The minimum atomic E-state index is -1.01. The van der Waals surface area contributed by atoms with Crippen molar-refractivity contribution in [3.63, 3.8) is 0 Å². The molecule has 3 N–H and O–H groups in total. The van der Waals surface area contributed by atoms with Crippen LogP contribution in [0.1, 0.15) is 40.0 Å². The summed E-state index contributed by atoms with van der Waals surface area (Å²) in [5, 5.41) is 13.4. The molecular formula is C12H24N2O4. The maximum Gasteiger partial charge on any atom is 0.407 e. The van der Waals surface area contributed by atoms with Crippen LogP contribution in [-0.4, -0.2) is 37.0 Å². The Hall–Kier alpha value is -1.46. The predicted molar refractivity (Wildman–Crippen MR) is 68.7 cm³/mol. The molecule has 0 rings (SSSR count). The molecule has 0 aliphatic carbocycles.